The molecule has 1 N–H and O–H groups in total. The number of hydrogen-bond donors (Lipinski definition) is 1. The zero-order valence-electron chi connectivity index (χ0n) is 14.5. The maximum Gasteiger partial charge on any atom is 0.261 e. The highest BCUT2D eigenvalue weighted by molar-refractivity contribution is 5.81. The van der Waals surface area contributed by atoms with Gasteiger partial charge in [-0.2, -0.15) is 0 Å². The van der Waals surface area contributed by atoms with Crippen molar-refractivity contribution in [1.82, 2.24) is 20.1 Å². The average Bonchev–Trinajstić information content (AvgIpc) is 2.83. The lowest BCUT2D eigenvalue weighted by atomic mass is 10.2. The SMILES string of the molecule is C[C@H](Oc1cccc(F)c1)C(=O)N[C@@H](C)c1nnc2n1CCCCC2. The van der Waals surface area contributed by atoms with Gasteiger partial charge < -0.3 is 14.6 Å². The molecule has 25 heavy (non-hydrogen) atoms. The molecule has 2 atom stereocenters. The summed E-state index contributed by atoms with van der Waals surface area (Å²) in [7, 11) is 0. The summed E-state index contributed by atoms with van der Waals surface area (Å²) < 4.78 is 20.8. The van der Waals surface area contributed by atoms with Gasteiger partial charge in [-0.25, -0.2) is 4.39 Å². The first-order chi connectivity index (χ1) is 12.0. The number of ether oxygens (including phenoxy) is 1. The number of aromatic nitrogens is 3. The summed E-state index contributed by atoms with van der Waals surface area (Å²) in [6.07, 6.45) is 3.58. The van der Waals surface area contributed by atoms with Gasteiger partial charge in [0.2, 0.25) is 0 Å². The summed E-state index contributed by atoms with van der Waals surface area (Å²) in [6, 6.07) is 5.48. The molecule has 1 amide bonds. The number of amides is 1. The number of carbonyl (C=O) groups excluding carboxylic acids is 1. The number of aryl methyl sites for hydroxylation is 1. The number of rotatable bonds is 5. The molecular formula is C18H23FN4O2. The van der Waals surface area contributed by atoms with E-state index in [1.165, 1.54) is 18.6 Å². The molecule has 0 unspecified atom stereocenters. The molecule has 1 aromatic heterocycles. The van der Waals surface area contributed by atoms with Gasteiger partial charge in [-0.15, -0.1) is 10.2 Å². The molecule has 2 heterocycles. The van der Waals surface area contributed by atoms with Crippen LogP contribution in [0.4, 0.5) is 4.39 Å². The first-order valence-electron chi connectivity index (χ1n) is 8.69. The molecule has 6 nitrogen and oxygen atoms in total. The second-order valence-corrected chi connectivity index (χ2v) is 6.38. The monoisotopic (exact) mass is 346 g/mol. The van der Waals surface area contributed by atoms with Crippen LogP contribution in [0.2, 0.25) is 0 Å². The molecule has 1 aliphatic rings. The quantitative estimate of drug-likeness (QED) is 0.904. The fourth-order valence-corrected chi connectivity index (χ4v) is 3.02. The zero-order chi connectivity index (χ0) is 17.8. The summed E-state index contributed by atoms with van der Waals surface area (Å²) in [4.78, 5) is 12.4. The molecular weight excluding hydrogens is 323 g/mol. The lowest BCUT2D eigenvalue weighted by Crippen LogP contribution is -2.38. The first-order valence-corrected chi connectivity index (χ1v) is 8.69. The van der Waals surface area contributed by atoms with Crippen LogP contribution in [-0.2, 0) is 17.8 Å². The van der Waals surface area contributed by atoms with Crippen LogP contribution in [0.3, 0.4) is 0 Å². The Morgan fingerprint density at radius 2 is 2.12 bits per heavy atom. The second-order valence-electron chi connectivity index (χ2n) is 6.38. The van der Waals surface area contributed by atoms with Crippen LogP contribution in [0.5, 0.6) is 5.75 Å². The number of nitrogens with zero attached hydrogens (tertiary/aromatic N) is 3. The van der Waals surface area contributed by atoms with Crippen molar-refractivity contribution in [3.63, 3.8) is 0 Å². The molecule has 1 aliphatic heterocycles. The van der Waals surface area contributed by atoms with Crippen molar-refractivity contribution in [1.29, 1.82) is 0 Å². The minimum atomic E-state index is -0.740. The largest absolute Gasteiger partial charge is 0.481 e. The van der Waals surface area contributed by atoms with Gasteiger partial charge in [0.05, 0.1) is 6.04 Å². The molecule has 0 bridgehead atoms. The average molecular weight is 346 g/mol. The Kier molecular flexibility index (Phi) is 5.31. The zero-order valence-corrected chi connectivity index (χ0v) is 14.5. The molecule has 0 saturated heterocycles. The van der Waals surface area contributed by atoms with Gasteiger partial charge in [-0.3, -0.25) is 4.79 Å². The van der Waals surface area contributed by atoms with E-state index in [4.69, 9.17) is 4.74 Å². The molecule has 134 valence electrons. The van der Waals surface area contributed by atoms with Crippen molar-refractivity contribution in [2.45, 2.75) is 58.2 Å². The topological polar surface area (TPSA) is 69.0 Å². The lowest BCUT2D eigenvalue weighted by Gasteiger charge is -2.19. The Labute approximate surface area is 146 Å². The summed E-state index contributed by atoms with van der Waals surface area (Å²) in [5.74, 6) is 1.40. The van der Waals surface area contributed by atoms with E-state index < -0.39 is 11.9 Å². The molecule has 1 aromatic carbocycles. The third kappa shape index (κ3) is 4.15. The summed E-state index contributed by atoms with van der Waals surface area (Å²) in [6.45, 7) is 4.40. The molecule has 0 aliphatic carbocycles. The van der Waals surface area contributed by atoms with Crippen molar-refractivity contribution in [3.8, 4) is 5.75 Å². The molecule has 0 fully saturated rings. The standard InChI is InChI=1S/C18H23FN4O2/c1-12(17-22-21-16-9-4-3-5-10-23(16)17)20-18(24)13(2)25-15-8-6-7-14(19)11-15/h6-8,11-13H,3-5,9-10H2,1-2H3,(H,20,24)/t12-,13-/m0/s1. The fraction of sp³-hybridized carbons (Fsp3) is 0.500. The predicted molar refractivity (Wildman–Crippen MR) is 90.6 cm³/mol. The van der Waals surface area contributed by atoms with E-state index in [1.54, 1.807) is 19.1 Å². The van der Waals surface area contributed by atoms with Crippen LogP contribution >= 0.6 is 0 Å². The van der Waals surface area contributed by atoms with E-state index in [9.17, 15) is 9.18 Å². The molecule has 0 spiro atoms. The number of fused-ring (bicyclic) bond motifs is 1. The van der Waals surface area contributed by atoms with Crippen molar-refractivity contribution in [2.24, 2.45) is 0 Å². The van der Waals surface area contributed by atoms with Crippen LogP contribution in [-0.4, -0.2) is 26.8 Å². The van der Waals surface area contributed by atoms with Crippen molar-refractivity contribution in [3.05, 3.63) is 41.7 Å². The summed E-state index contributed by atoms with van der Waals surface area (Å²) >= 11 is 0. The van der Waals surface area contributed by atoms with Crippen molar-refractivity contribution >= 4 is 5.91 Å². The Morgan fingerprint density at radius 1 is 1.28 bits per heavy atom. The van der Waals surface area contributed by atoms with Crippen LogP contribution < -0.4 is 10.1 Å². The predicted octanol–water partition coefficient (Wildman–Crippen LogP) is 2.79. The highest BCUT2D eigenvalue weighted by Gasteiger charge is 2.23. The Balaban J connectivity index is 1.63. The van der Waals surface area contributed by atoms with Gasteiger partial charge in [0.25, 0.3) is 5.91 Å². The minimum Gasteiger partial charge on any atom is -0.481 e. The maximum absolute atomic E-state index is 13.2. The van der Waals surface area contributed by atoms with Gasteiger partial charge in [-0.05, 0) is 38.8 Å². The summed E-state index contributed by atoms with van der Waals surface area (Å²) in [5.41, 5.74) is 0. The van der Waals surface area contributed by atoms with Crippen molar-refractivity contribution in [2.75, 3.05) is 0 Å². The third-order valence-electron chi connectivity index (χ3n) is 4.36. The van der Waals surface area contributed by atoms with Gasteiger partial charge in [0.1, 0.15) is 17.4 Å². The van der Waals surface area contributed by atoms with E-state index in [-0.39, 0.29) is 11.9 Å². The minimum absolute atomic E-state index is 0.273. The molecule has 0 radical (unpaired) electrons. The highest BCUT2D eigenvalue weighted by Crippen LogP contribution is 2.19. The second kappa shape index (κ2) is 7.63. The number of halogens is 1. The third-order valence-corrected chi connectivity index (χ3v) is 4.36. The molecule has 2 aromatic rings. The van der Waals surface area contributed by atoms with Crippen molar-refractivity contribution < 1.29 is 13.9 Å². The lowest BCUT2D eigenvalue weighted by molar-refractivity contribution is -0.128. The normalized spacial score (nSPS) is 16.4. The molecule has 3 rings (SSSR count). The van der Waals surface area contributed by atoms with Crippen LogP contribution in [0, 0.1) is 5.82 Å². The highest BCUT2D eigenvalue weighted by atomic mass is 19.1. The Morgan fingerprint density at radius 3 is 2.92 bits per heavy atom. The smallest absolute Gasteiger partial charge is 0.261 e. The van der Waals surface area contributed by atoms with E-state index in [0.717, 1.165) is 37.5 Å². The number of nitrogens with one attached hydrogen (secondary N) is 1. The fourth-order valence-electron chi connectivity index (χ4n) is 3.02. The van der Waals surface area contributed by atoms with Gasteiger partial charge in [0, 0.05) is 19.0 Å². The van der Waals surface area contributed by atoms with E-state index in [0.29, 0.717) is 5.75 Å². The number of hydrogen-bond acceptors (Lipinski definition) is 4. The van der Waals surface area contributed by atoms with E-state index in [1.807, 2.05) is 6.92 Å². The Hall–Kier alpha value is -2.44. The van der Waals surface area contributed by atoms with Crippen LogP contribution in [0.25, 0.3) is 0 Å². The number of benzene rings is 1. The van der Waals surface area contributed by atoms with Crippen LogP contribution in [0.1, 0.15) is 50.8 Å². The summed E-state index contributed by atoms with van der Waals surface area (Å²) in [5, 5.41) is 11.4. The van der Waals surface area contributed by atoms with E-state index in [2.05, 4.69) is 20.1 Å². The Bertz CT molecular complexity index is 746. The maximum atomic E-state index is 13.2. The molecule has 0 saturated carbocycles. The molecule has 7 heteroatoms. The van der Waals surface area contributed by atoms with Gasteiger partial charge >= 0.3 is 0 Å². The first kappa shape index (κ1) is 17.4. The van der Waals surface area contributed by atoms with Gasteiger partial charge in [0.15, 0.2) is 11.9 Å². The number of carbonyl (C=O) groups is 1. The van der Waals surface area contributed by atoms with E-state index >= 15 is 0 Å². The van der Waals surface area contributed by atoms with Crippen LogP contribution in [0.15, 0.2) is 24.3 Å². The van der Waals surface area contributed by atoms with Gasteiger partial charge in [-0.1, -0.05) is 12.5 Å².